The molecule has 7 bridgehead atoms. The van der Waals surface area contributed by atoms with Gasteiger partial charge in [-0.05, 0) is 55.1 Å². The van der Waals surface area contributed by atoms with E-state index in [0.29, 0.717) is 33.5 Å². The van der Waals surface area contributed by atoms with E-state index in [4.69, 9.17) is 16.2 Å². The van der Waals surface area contributed by atoms with Crippen LogP contribution in [0, 0.1) is 17.8 Å². The van der Waals surface area contributed by atoms with Crippen molar-refractivity contribution in [3.05, 3.63) is 47.5 Å². The summed E-state index contributed by atoms with van der Waals surface area (Å²) in [5.74, 6) is -7.58. The van der Waals surface area contributed by atoms with Gasteiger partial charge in [-0.1, -0.05) is 53.7 Å². The lowest BCUT2D eigenvalue weighted by molar-refractivity contribution is -0.145. The molecule has 0 radical (unpaired) electrons. The van der Waals surface area contributed by atoms with Gasteiger partial charge < -0.3 is 63.7 Å². The van der Waals surface area contributed by atoms with E-state index in [0.717, 1.165) is 0 Å². The molecule has 4 aliphatic heterocycles. The number of guanidine groups is 1. The van der Waals surface area contributed by atoms with Crippen molar-refractivity contribution in [2.75, 3.05) is 20.2 Å². The van der Waals surface area contributed by atoms with Gasteiger partial charge >= 0.3 is 5.97 Å². The first-order chi connectivity index (χ1) is 34.1. The maximum atomic E-state index is 14.9. The highest BCUT2D eigenvalue weighted by atomic mass is 16.5. The number of fused-ring (bicyclic) bond motifs is 13. The fourth-order valence-corrected chi connectivity index (χ4v) is 9.38. The van der Waals surface area contributed by atoms with E-state index in [9.17, 15) is 43.2 Å². The molecule has 8 atom stereocenters. The highest BCUT2D eigenvalue weighted by Gasteiger charge is 2.40. The Kier molecular flexibility index (Phi) is 17.6. The molecule has 4 aliphatic rings. The number of aliphatic imine (C=N–C) groups is 1. The molecule has 7 rings (SSSR count). The number of H-pyrrole nitrogens is 1. The number of hydrogen-bond acceptors (Lipinski definition) is 12. The van der Waals surface area contributed by atoms with Crippen molar-refractivity contribution in [2.24, 2.45) is 34.2 Å². The number of esters is 1. The van der Waals surface area contributed by atoms with Gasteiger partial charge in [0.15, 0.2) is 5.96 Å². The molecule has 24 heteroatoms. The predicted molar refractivity (Wildman–Crippen MR) is 262 cm³/mol. The van der Waals surface area contributed by atoms with Crippen LogP contribution >= 0.6 is 0 Å². The minimum atomic E-state index is -1.42. The third kappa shape index (κ3) is 13.3. The van der Waals surface area contributed by atoms with Crippen LogP contribution in [0.2, 0.25) is 0 Å². The lowest BCUT2D eigenvalue weighted by Crippen LogP contribution is -2.61. The SMILES string of the molecule is COC(=O)[C@@H]1Cc2cn(cn2)-c2[nH]c3cc4ccc3c2C[C@H](NC(=O)[C@H](C(C)C)NC(=O)[C@H](CC(C)C)NC(=O)[C@@H](NC(=O)[C@@H]2CCC(=O)N2)[C@@H]4C(C)C)C(=O)N[C@@H](CCCN=C(N)N)C(=O)NCC(=O)N1. The fraction of sp³-hybridized carbons (Fsp3) is 0.562. The molecule has 72 heavy (non-hydrogen) atoms. The van der Waals surface area contributed by atoms with Crippen LogP contribution in [0.25, 0.3) is 16.7 Å². The van der Waals surface area contributed by atoms with Crippen molar-refractivity contribution in [3.8, 4) is 5.82 Å². The number of methoxy groups -OCH3 is 1. The molecule has 0 saturated carbocycles. The zero-order valence-electron chi connectivity index (χ0n) is 41.7. The van der Waals surface area contributed by atoms with E-state index in [1.54, 1.807) is 36.7 Å². The Balaban J connectivity index is 1.57. The summed E-state index contributed by atoms with van der Waals surface area (Å²) in [5.41, 5.74) is 13.0. The number of hydrogen-bond donors (Lipinski definition) is 11. The Morgan fingerprint density at radius 3 is 2.21 bits per heavy atom. The lowest BCUT2D eigenvalue weighted by Gasteiger charge is -2.33. The number of carbonyl (C=O) groups excluding carboxylic acids is 9. The third-order valence-corrected chi connectivity index (χ3v) is 13.0. The fourth-order valence-electron chi connectivity index (χ4n) is 9.38. The minimum Gasteiger partial charge on any atom is -0.467 e. The topological polar surface area (TPSA) is 357 Å². The Hall–Kier alpha value is -7.53. The monoisotopic (exact) mass is 1000 g/mol. The summed E-state index contributed by atoms with van der Waals surface area (Å²) >= 11 is 0. The second-order valence-electron chi connectivity index (χ2n) is 19.7. The third-order valence-electron chi connectivity index (χ3n) is 13.0. The van der Waals surface area contributed by atoms with Crippen molar-refractivity contribution < 1.29 is 47.9 Å². The quantitative estimate of drug-likeness (QED) is 0.0341. The first kappa shape index (κ1) is 53.8. The lowest BCUT2D eigenvalue weighted by atomic mass is 9.81. The molecule has 13 N–H and O–H groups in total. The van der Waals surface area contributed by atoms with Crippen LogP contribution in [0.3, 0.4) is 0 Å². The second kappa shape index (κ2) is 23.6. The first-order valence-corrected chi connectivity index (χ1v) is 24.3. The predicted octanol–water partition coefficient (Wildman–Crippen LogP) is -1.56. The average molecular weight is 1000 g/mol. The van der Waals surface area contributed by atoms with Crippen molar-refractivity contribution in [1.29, 1.82) is 0 Å². The van der Waals surface area contributed by atoms with Crippen LogP contribution in [-0.2, 0) is 60.7 Å². The minimum absolute atomic E-state index is 0.0124. The Labute approximate surface area is 416 Å². The van der Waals surface area contributed by atoms with E-state index < -0.39 is 108 Å². The average Bonchev–Trinajstić information content (AvgIpc) is 4.07. The smallest absolute Gasteiger partial charge is 0.328 e. The number of aromatic nitrogens is 3. The molecule has 390 valence electrons. The molecule has 24 nitrogen and oxygen atoms in total. The summed E-state index contributed by atoms with van der Waals surface area (Å²) in [5, 5.41) is 22.6. The summed E-state index contributed by atoms with van der Waals surface area (Å²) in [7, 11) is 1.17. The van der Waals surface area contributed by atoms with Gasteiger partial charge in [-0.2, -0.15) is 0 Å². The van der Waals surface area contributed by atoms with Gasteiger partial charge in [0.2, 0.25) is 47.3 Å². The number of ether oxygens (including phenoxy) is 1. The van der Waals surface area contributed by atoms with Crippen LogP contribution in [-0.4, -0.2) is 136 Å². The zero-order valence-corrected chi connectivity index (χ0v) is 41.7. The van der Waals surface area contributed by atoms with E-state index >= 15 is 0 Å². The molecule has 1 fully saturated rings. The maximum Gasteiger partial charge on any atom is 0.328 e. The molecule has 0 spiro atoms. The number of nitrogens with zero attached hydrogens (tertiary/aromatic N) is 3. The molecule has 0 aliphatic carbocycles. The molecular formula is C48H68N14O10. The zero-order chi connectivity index (χ0) is 52.6. The van der Waals surface area contributed by atoms with Crippen LogP contribution in [0.15, 0.2) is 35.7 Å². The van der Waals surface area contributed by atoms with Gasteiger partial charge in [0.25, 0.3) is 0 Å². The molecule has 1 saturated heterocycles. The Morgan fingerprint density at radius 1 is 0.833 bits per heavy atom. The van der Waals surface area contributed by atoms with Gasteiger partial charge in [0, 0.05) is 54.4 Å². The number of rotatable bonds is 11. The van der Waals surface area contributed by atoms with Crippen molar-refractivity contribution in [1.82, 2.24) is 57.1 Å². The Bertz CT molecular complexity index is 2580. The number of amides is 8. The van der Waals surface area contributed by atoms with Gasteiger partial charge in [0.1, 0.15) is 54.4 Å². The number of nitrogens with two attached hydrogens (primary N) is 2. The molecule has 0 unspecified atom stereocenters. The molecule has 1 aromatic carbocycles. The van der Waals surface area contributed by atoms with Crippen LogP contribution in [0.5, 0.6) is 0 Å². The van der Waals surface area contributed by atoms with Gasteiger partial charge in [-0.25, -0.2) is 9.78 Å². The van der Waals surface area contributed by atoms with Gasteiger partial charge in [-0.3, -0.25) is 47.9 Å². The van der Waals surface area contributed by atoms with Crippen molar-refractivity contribution in [3.63, 3.8) is 0 Å². The molecule has 3 aromatic rings. The van der Waals surface area contributed by atoms with Crippen molar-refractivity contribution >= 4 is 70.1 Å². The number of imidazole rings is 1. The Morgan fingerprint density at radius 2 is 1.56 bits per heavy atom. The van der Waals surface area contributed by atoms with Gasteiger partial charge in [-0.15, -0.1) is 0 Å². The van der Waals surface area contributed by atoms with E-state index in [1.807, 2.05) is 33.8 Å². The standard InChI is InChI=1S/C48H68N14O10/c1-22(2)15-32-44(68)60-38(24(5)6)45(69)59-33-18-28-27-11-10-25(37(23(3)4)39(46(70)58-32)61-42(66)30-12-13-35(63)54-30)16-31(27)56-40(28)62-20-26(53-21-62)17-34(47(71)72-7)55-36(64)19-52-41(65)29(57-43(33)67)9-8-14-51-48(49)50/h10-11,16,20-24,29-30,32-34,37-39,56H,8-9,12-15,17-19H2,1-7H3,(H,52,65)(H,54,63)(H,55,64)(H,57,67)(H,58,70)(H,59,69)(H,60,68)(H,61,66)(H4,49,50,51)/t29-,30-,32-,33-,34-,37+,38-,39-/m0/s1. The highest BCUT2D eigenvalue weighted by Crippen LogP contribution is 2.35. The van der Waals surface area contributed by atoms with Gasteiger partial charge in [0.05, 0.1) is 19.3 Å². The maximum absolute atomic E-state index is 14.9. The summed E-state index contributed by atoms with van der Waals surface area (Å²) in [6.07, 6.45) is 3.47. The highest BCUT2D eigenvalue weighted by molar-refractivity contribution is 5.99. The molecule has 6 heterocycles. The number of aromatic amines is 1. The molecule has 2 aromatic heterocycles. The first-order valence-electron chi connectivity index (χ1n) is 24.3. The number of carbonyl (C=O) groups is 9. The molecular weight excluding hydrogens is 933 g/mol. The summed E-state index contributed by atoms with van der Waals surface area (Å²) in [6.45, 7) is 10.4. The van der Waals surface area contributed by atoms with E-state index in [-0.39, 0.29) is 75.2 Å². The largest absolute Gasteiger partial charge is 0.467 e. The van der Waals surface area contributed by atoms with E-state index in [1.165, 1.54) is 13.4 Å². The second-order valence-corrected chi connectivity index (χ2v) is 19.7. The van der Waals surface area contributed by atoms with Crippen LogP contribution in [0.4, 0.5) is 0 Å². The summed E-state index contributed by atoms with van der Waals surface area (Å²) < 4.78 is 6.62. The van der Waals surface area contributed by atoms with E-state index in [2.05, 4.69) is 57.5 Å². The number of benzene rings is 1. The normalized spacial score (nSPS) is 24.7. The summed E-state index contributed by atoms with van der Waals surface area (Å²) in [6, 6.07) is -3.13. The molecule has 8 amide bonds. The van der Waals surface area contributed by atoms with Crippen LogP contribution < -0.4 is 54.0 Å². The number of nitrogens with one attached hydrogen (secondary N) is 9. The van der Waals surface area contributed by atoms with Crippen LogP contribution in [0.1, 0.15) is 96.4 Å². The summed E-state index contributed by atoms with van der Waals surface area (Å²) in [4.78, 5) is 137. The van der Waals surface area contributed by atoms with Crippen molar-refractivity contribution in [2.45, 2.75) is 135 Å².